The largest absolute Gasteiger partial charge is 0.494 e. The summed E-state index contributed by atoms with van der Waals surface area (Å²) in [6.07, 6.45) is 7.40. The highest BCUT2D eigenvalue weighted by atomic mass is 32.2. The van der Waals surface area contributed by atoms with Crippen molar-refractivity contribution >= 4 is 31.9 Å². The van der Waals surface area contributed by atoms with E-state index >= 15 is 0 Å². The van der Waals surface area contributed by atoms with Crippen molar-refractivity contribution in [2.24, 2.45) is 0 Å². The van der Waals surface area contributed by atoms with Gasteiger partial charge in [-0.1, -0.05) is 12.1 Å². The molecule has 0 fully saturated rings. The first-order valence-electron chi connectivity index (χ1n) is 23.2. The molecule has 412 valence electrons. The zero-order valence-electron chi connectivity index (χ0n) is 44.4. The summed E-state index contributed by atoms with van der Waals surface area (Å²) in [6.45, 7) is 6.62. The molecule has 0 radical (unpaired) electrons. The Labute approximate surface area is 449 Å². The number of anilines is 2. The van der Waals surface area contributed by atoms with E-state index in [0.29, 0.717) is 34.6 Å². The standard InChI is InChI=1S/2C24H28N8O6S/c2*1-14-12-26-21(27-13-14)20(37-5)15(2)39(33,34)31-24-30-29-22(16-8-7-9-18(28-16)36-4)32(24)19-17(35-3)10-11-25-23(19)38-6/h2*7-13,15,20H,1-6H3,(H,30,31)/t2*15-,20-/m00/s1. The topological polar surface area (TPSA) is 331 Å². The molecular formula is C48H56N16O12S2. The highest BCUT2D eigenvalue weighted by Gasteiger charge is 2.37. The second-order valence-electron chi connectivity index (χ2n) is 16.5. The molecule has 0 aliphatic heterocycles. The summed E-state index contributed by atoms with van der Waals surface area (Å²) >= 11 is 0. The summed E-state index contributed by atoms with van der Waals surface area (Å²) in [5.74, 6) is 2.03. The van der Waals surface area contributed by atoms with Gasteiger partial charge in [0.25, 0.3) is 0 Å². The lowest BCUT2D eigenvalue weighted by Crippen LogP contribution is -2.33. The number of hydrogen-bond donors (Lipinski definition) is 2. The van der Waals surface area contributed by atoms with E-state index in [-0.39, 0.29) is 58.3 Å². The van der Waals surface area contributed by atoms with Gasteiger partial charge in [-0.2, -0.15) is 0 Å². The van der Waals surface area contributed by atoms with Crippen LogP contribution in [-0.2, 0) is 29.5 Å². The molecule has 0 saturated heterocycles. The van der Waals surface area contributed by atoms with Crippen molar-refractivity contribution in [2.45, 2.75) is 50.4 Å². The summed E-state index contributed by atoms with van der Waals surface area (Å²) in [5, 5.41) is 14.5. The van der Waals surface area contributed by atoms with Crippen molar-refractivity contribution in [1.29, 1.82) is 0 Å². The van der Waals surface area contributed by atoms with Crippen LogP contribution in [0.15, 0.2) is 85.7 Å². The highest BCUT2D eigenvalue weighted by Crippen LogP contribution is 2.39. The molecular weight excluding hydrogens is 1060 g/mol. The molecule has 2 N–H and O–H groups in total. The van der Waals surface area contributed by atoms with Gasteiger partial charge in [0, 0.05) is 75.7 Å². The SMILES string of the molecule is COc1cccc(-c2nnc(NS(=O)(=O)[C@@H](C)[C@H](OC)c3ncc(C)cn3)n2-c2c(OC)ccnc2OC)n1.COc1cccc(-c2nnc(NS(=O)(=O)[C@@H](C)[C@H](OC)c3ncc(C)cn3)n2-c2c(OC)ccnc2OC)n1. The lowest BCUT2D eigenvalue weighted by molar-refractivity contribution is 0.0949. The lowest BCUT2D eigenvalue weighted by atomic mass is 10.2. The average Bonchev–Trinajstić information content (AvgIpc) is 4.08. The lowest BCUT2D eigenvalue weighted by Gasteiger charge is -2.22. The van der Waals surface area contributed by atoms with E-state index in [1.807, 2.05) is 13.8 Å². The number of pyridine rings is 4. The van der Waals surface area contributed by atoms with Gasteiger partial charge in [-0.25, -0.2) is 56.7 Å². The van der Waals surface area contributed by atoms with Crippen molar-refractivity contribution in [3.63, 3.8) is 0 Å². The number of hydrogen-bond acceptors (Lipinski definition) is 24. The Kier molecular flexibility index (Phi) is 18.2. The van der Waals surface area contributed by atoms with Gasteiger partial charge in [0.2, 0.25) is 55.5 Å². The number of nitrogens with one attached hydrogen (secondary N) is 2. The van der Waals surface area contributed by atoms with Gasteiger partial charge >= 0.3 is 0 Å². The second kappa shape index (κ2) is 24.9. The van der Waals surface area contributed by atoms with Gasteiger partial charge in [-0.05, 0) is 51.0 Å². The minimum atomic E-state index is -4.16. The van der Waals surface area contributed by atoms with E-state index in [4.69, 9.17) is 37.9 Å². The van der Waals surface area contributed by atoms with Crippen molar-refractivity contribution in [2.75, 3.05) is 66.3 Å². The Bertz CT molecular complexity index is 3280. The van der Waals surface area contributed by atoms with Gasteiger partial charge in [0.1, 0.15) is 45.6 Å². The molecule has 0 bridgehead atoms. The van der Waals surface area contributed by atoms with Gasteiger partial charge in [0.15, 0.2) is 34.7 Å². The predicted octanol–water partition coefficient (Wildman–Crippen LogP) is 4.73. The molecule has 0 unspecified atom stereocenters. The molecule has 0 aliphatic carbocycles. The van der Waals surface area contributed by atoms with E-state index in [1.165, 1.54) is 92.3 Å². The Morgan fingerprint density at radius 1 is 0.474 bits per heavy atom. The smallest absolute Gasteiger partial charge is 0.243 e. The third-order valence-electron chi connectivity index (χ3n) is 11.5. The Morgan fingerprint density at radius 3 is 1.17 bits per heavy atom. The molecule has 0 aromatic carbocycles. The summed E-state index contributed by atoms with van der Waals surface area (Å²) in [6, 6.07) is 13.3. The number of aryl methyl sites for hydroxylation is 2. The van der Waals surface area contributed by atoms with Crippen molar-refractivity contribution in [1.82, 2.24) is 69.4 Å². The molecule has 30 heteroatoms. The molecule has 0 spiro atoms. The molecule has 8 aromatic heterocycles. The first-order valence-corrected chi connectivity index (χ1v) is 26.3. The van der Waals surface area contributed by atoms with Gasteiger partial charge in [-0.3, -0.25) is 18.6 Å². The van der Waals surface area contributed by atoms with Crippen LogP contribution in [0, 0.1) is 13.8 Å². The zero-order chi connectivity index (χ0) is 56.3. The maximum Gasteiger partial charge on any atom is 0.243 e. The summed E-state index contributed by atoms with van der Waals surface area (Å²) < 4.78 is 106. The molecule has 8 rings (SSSR count). The summed E-state index contributed by atoms with van der Waals surface area (Å²) in [4.78, 5) is 34.3. The van der Waals surface area contributed by atoms with Crippen LogP contribution < -0.4 is 37.9 Å². The fourth-order valence-corrected chi connectivity index (χ4v) is 9.78. The number of ether oxygens (including phenoxy) is 8. The van der Waals surface area contributed by atoms with E-state index in [0.717, 1.165) is 11.1 Å². The fourth-order valence-electron chi connectivity index (χ4n) is 7.52. The van der Waals surface area contributed by atoms with E-state index in [1.54, 1.807) is 73.3 Å². The number of methoxy groups -OCH3 is 8. The van der Waals surface area contributed by atoms with Gasteiger partial charge < -0.3 is 37.9 Å². The van der Waals surface area contributed by atoms with E-state index < -0.39 is 42.8 Å². The second-order valence-corrected chi connectivity index (χ2v) is 20.6. The van der Waals surface area contributed by atoms with Crippen LogP contribution in [0.2, 0.25) is 0 Å². The maximum atomic E-state index is 13.6. The van der Waals surface area contributed by atoms with Crippen LogP contribution in [-0.4, -0.2) is 154 Å². The molecule has 0 saturated carbocycles. The average molecular weight is 1110 g/mol. The van der Waals surface area contributed by atoms with Crippen LogP contribution in [0.25, 0.3) is 34.4 Å². The summed E-state index contributed by atoms with van der Waals surface area (Å²) in [5.41, 5.74) is 2.85. The normalized spacial score (nSPS) is 13.0. The quantitative estimate of drug-likeness (QED) is 0.0926. The van der Waals surface area contributed by atoms with Crippen molar-refractivity contribution < 1.29 is 54.7 Å². The molecule has 4 atom stereocenters. The third-order valence-corrected chi connectivity index (χ3v) is 14.9. The zero-order valence-corrected chi connectivity index (χ0v) is 46.0. The molecule has 28 nitrogen and oxygen atoms in total. The summed E-state index contributed by atoms with van der Waals surface area (Å²) in [7, 11) is 3.20. The predicted molar refractivity (Wildman–Crippen MR) is 281 cm³/mol. The highest BCUT2D eigenvalue weighted by molar-refractivity contribution is 7.93. The molecule has 78 heavy (non-hydrogen) atoms. The minimum Gasteiger partial charge on any atom is -0.494 e. The maximum absolute atomic E-state index is 13.6. The van der Waals surface area contributed by atoms with Crippen LogP contribution in [0.3, 0.4) is 0 Å². The minimum absolute atomic E-state index is 0.134. The van der Waals surface area contributed by atoms with Crippen LogP contribution in [0.4, 0.5) is 11.9 Å². The Hall–Kier alpha value is -8.74. The molecule has 8 heterocycles. The van der Waals surface area contributed by atoms with E-state index in [9.17, 15) is 16.8 Å². The van der Waals surface area contributed by atoms with Crippen LogP contribution >= 0.6 is 0 Å². The monoisotopic (exact) mass is 1110 g/mol. The fraction of sp³-hybridized carbons (Fsp3) is 0.333. The number of nitrogens with zero attached hydrogens (tertiary/aromatic N) is 14. The molecule has 0 amide bonds. The Morgan fingerprint density at radius 2 is 0.846 bits per heavy atom. The molecule has 8 aromatic rings. The third kappa shape index (κ3) is 12.3. The van der Waals surface area contributed by atoms with Crippen molar-refractivity contribution in [3.8, 4) is 69.4 Å². The number of aromatic nitrogens is 14. The Balaban J connectivity index is 0.000000226. The van der Waals surface area contributed by atoms with Crippen LogP contribution in [0.5, 0.6) is 35.0 Å². The first kappa shape index (κ1) is 57.0. The van der Waals surface area contributed by atoms with E-state index in [2.05, 4.69) is 69.7 Å². The van der Waals surface area contributed by atoms with Gasteiger partial charge in [-0.15, -0.1) is 20.4 Å². The first-order chi connectivity index (χ1) is 37.5. The number of sulfonamides is 2. The molecule has 0 aliphatic rings. The number of rotatable bonds is 22. The van der Waals surface area contributed by atoms with Gasteiger partial charge in [0.05, 0.1) is 42.7 Å². The van der Waals surface area contributed by atoms with Crippen molar-refractivity contribution in [3.05, 3.63) is 108 Å². The van der Waals surface area contributed by atoms with Crippen LogP contribution in [0.1, 0.15) is 48.8 Å².